The molecule has 2 N–H and O–H groups in total. The molecule has 144 valence electrons. The highest BCUT2D eigenvalue weighted by Gasteiger charge is 2.33. The van der Waals surface area contributed by atoms with E-state index in [1.807, 2.05) is 31.2 Å². The summed E-state index contributed by atoms with van der Waals surface area (Å²) in [5.41, 5.74) is 1.52. The molecule has 0 saturated heterocycles. The average molecular weight is 385 g/mol. The summed E-state index contributed by atoms with van der Waals surface area (Å²) in [6.45, 7) is 2.34. The van der Waals surface area contributed by atoms with E-state index in [0.29, 0.717) is 12.1 Å². The van der Waals surface area contributed by atoms with Crippen LogP contribution in [0.25, 0.3) is 0 Å². The summed E-state index contributed by atoms with van der Waals surface area (Å²) in [5.74, 6) is -0.0943. The number of carbonyl (C=O) groups excluding carboxylic acids is 1. The van der Waals surface area contributed by atoms with Crippen LogP contribution < -0.4 is 10.6 Å². The number of anilines is 2. The maximum absolute atomic E-state index is 13.1. The molecule has 0 spiro atoms. The number of pyridine rings is 1. The predicted octanol–water partition coefficient (Wildman–Crippen LogP) is 5.08. The van der Waals surface area contributed by atoms with Gasteiger partial charge in [0.1, 0.15) is 5.82 Å². The number of nitrogens with zero attached hydrogens (tertiary/aromatic N) is 1. The molecule has 7 heteroatoms. The SMILES string of the molecule is Cc1cccc(CNC(=O)c2ccc(Nc3ccccc3C(F)(F)F)nc2)c1. The van der Waals surface area contributed by atoms with Crippen LogP contribution in [0, 0.1) is 6.92 Å². The number of benzene rings is 2. The van der Waals surface area contributed by atoms with E-state index in [4.69, 9.17) is 0 Å². The maximum atomic E-state index is 13.1. The Hall–Kier alpha value is -3.35. The van der Waals surface area contributed by atoms with Crippen LogP contribution in [0.4, 0.5) is 24.7 Å². The zero-order chi connectivity index (χ0) is 20.1. The van der Waals surface area contributed by atoms with Gasteiger partial charge in [0.25, 0.3) is 5.91 Å². The number of nitrogens with one attached hydrogen (secondary N) is 2. The van der Waals surface area contributed by atoms with Crippen LogP contribution >= 0.6 is 0 Å². The average Bonchev–Trinajstić information content (AvgIpc) is 2.66. The third-order valence-corrected chi connectivity index (χ3v) is 4.06. The van der Waals surface area contributed by atoms with Gasteiger partial charge in [-0.25, -0.2) is 4.98 Å². The molecule has 0 atom stereocenters. The minimum absolute atomic E-state index is 0.0980. The molecule has 1 heterocycles. The number of carbonyl (C=O) groups is 1. The molecule has 3 aromatic rings. The Kier molecular flexibility index (Phi) is 5.63. The van der Waals surface area contributed by atoms with Gasteiger partial charge in [0.15, 0.2) is 0 Å². The topological polar surface area (TPSA) is 54.0 Å². The minimum Gasteiger partial charge on any atom is -0.348 e. The molecule has 0 aliphatic carbocycles. The van der Waals surface area contributed by atoms with Crippen LogP contribution in [0.2, 0.25) is 0 Å². The molecule has 3 rings (SSSR count). The van der Waals surface area contributed by atoms with E-state index in [0.717, 1.165) is 17.2 Å². The first-order chi connectivity index (χ1) is 13.3. The first-order valence-corrected chi connectivity index (χ1v) is 8.56. The van der Waals surface area contributed by atoms with Crippen molar-refractivity contribution in [3.8, 4) is 0 Å². The van der Waals surface area contributed by atoms with Gasteiger partial charge in [-0.1, -0.05) is 42.0 Å². The smallest absolute Gasteiger partial charge is 0.348 e. The molecule has 0 bridgehead atoms. The van der Waals surface area contributed by atoms with E-state index >= 15 is 0 Å². The van der Waals surface area contributed by atoms with Crippen molar-refractivity contribution in [3.63, 3.8) is 0 Å². The summed E-state index contributed by atoms with van der Waals surface area (Å²) in [7, 11) is 0. The second-order valence-corrected chi connectivity index (χ2v) is 6.27. The molecule has 0 fully saturated rings. The van der Waals surface area contributed by atoms with E-state index in [1.165, 1.54) is 36.5 Å². The van der Waals surface area contributed by atoms with Crippen molar-refractivity contribution in [2.75, 3.05) is 5.32 Å². The van der Waals surface area contributed by atoms with Crippen LogP contribution in [0.3, 0.4) is 0 Å². The van der Waals surface area contributed by atoms with Crippen molar-refractivity contribution in [3.05, 3.63) is 89.1 Å². The molecule has 0 aliphatic rings. The van der Waals surface area contributed by atoms with Crippen LogP contribution in [0.5, 0.6) is 0 Å². The van der Waals surface area contributed by atoms with Gasteiger partial charge in [0.05, 0.1) is 16.8 Å². The third-order valence-electron chi connectivity index (χ3n) is 4.06. The van der Waals surface area contributed by atoms with Gasteiger partial charge < -0.3 is 10.6 Å². The van der Waals surface area contributed by atoms with Crippen molar-refractivity contribution >= 4 is 17.4 Å². The Bertz CT molecular complexity index is 969. The summed E-state index contributed by atoms with van der Waals surface area (Å²) in [5, 5.41) is 5.44. The summed E-state index contributed by atoms with van der Waals surface area (Å²) < 4.78 is 39.2. The Labute approximate surface area is 160 Å². The highest BCUT2D eigenvalue weighted by Crippen LogP contribution is 2.35. The second kappa shape index (κ2) is 8.12. The van der Waals surface area contributed by atoms with Crippen LogP contribution in [0.15, 0.2) is 66.9 Å². The molecule has 1 aromatic heterocycles. The van der Waals surface area contributed by atoms with Crippen LogP contribution in [-0.4, -0.2) is 10.9 Å². The van der Waals surface area contributed by atoms with Crippen LogP contribution in [-0.2, 0) is 12.7 Å². The number of hydrogen-bond donors (Lipinski definition) is 2. The van der Waals surface area contributed by atoms with Crippen molar-refractivity contribution in [2.45, 2.75) is 19.6 Å². The highest BCUT2D eigenvalue weighted by atomic mass is 19.4. The quantitative estimate of drug-likeness (QED) is 0.644. The lowest BCUT2D eigenvalue weighted by Crippen LogP contribution is -2.23. The minimum atomic E-state index is -4.47. The first kappa shape index (κ1) is 19.4. The fourth-order valence-corrected chi connectivity index (χ4v) is 2.69. The van der Waals surface area contributed by atoms with Gasteiger partial charge in [0, 0.05) is 12.7 Å². The monoisotopic (exact) mass is 385 g/mol. The van der Waals surface area contributed by atoms with Gasteiger partial charge in [-0.15, -0.1) is 0 Å². The Morgan fingerprint density at radius 3 is 2.50 bits per heavy atom. The molecular formula is C21H18F3N3O. The number of hydrogen-bond acceptors (Lipinski definition) is 3. The maximum Gasteiger partial charge on any atom is 0.418 e. The first-order valence-electron chi connectivity index (χ1n) is 8.56. The second-order valence-electron chi connectivity index (χ2n) is 6.27. The molecule has 0 unspecified atom stereocenters. The number of rotatable bonds is 5. The fourth-order valence-electron chi connectivity index (χ4n) is 2.69. The molecular weight excluding hydrogens is 367 g/mol. The summed E-state index contributed by atoms with van der Waals surface area (Å²) >= 11 is 0. The zero-order valence-corrected chi connectivity index (χ0v) is 15.0. The predicted molar refractivity (Wildman–Crippen MR) is 101 cm³/mol. The summed E-state index contributed by atoms with van der Waals surface area (Å²) in [6.07, 6.45) is -3.15. The lowest BCUT2D eigenvalue weighted by molar-refractivity contribution is -0.136. The lowest BCUT2D eigenvalue weighted by atomic mass is 10.1. The molecule has 0 aliphatic heterocycles. The number of aromatic nitrogens is 1. The Balaban J connectivity index is 1.66. The molecule has 0 radical (unpaired) electrons. The van der Waals surface area contributed by atoms with Gasteiger partial charge in [-0.2, -0.15) is 13.2 Å². The molecule has 28 heavy (non-hydrogen) atoms. The van der Waals surface area contributed by atoms with E-state index in [2.05, 4.69) is 15.6 Å². The van der Waals surface area contributed by atoms with E-state index < -0.39 is 11.7 Å². The third kappa shape index (κ3) is 4.88. The number of aryl methyl sites for hydroxylation is 1. The number of halogens is 3. The Morgan fingerprint density at radius 2 is 1.82 bits per heavy atom. The van der Waals surface area contributed by atoms with Crippen molar-refractivity contribution in [1.82, 2.24) is 10.3 Å². The largest absolute Gasteiger partial charge is 0.418 e. The standard InChI is InChI=1S/C21H18F3N3O/c1-14-5-4-6-15(11-14)12-26-20(28)16-9-10-19(25-13-16)27-18-8-3-2-7-17(18)21(22,23)24/h2-11,13H,12H2,1H3,(H,25,27)(H,26,28). The number of para-hydroxylation sites is 1. The van der Waals surface area contributed by atoms with E-state index in [9.17, 15) is 18.0 Å². The normalized spacial score (nSPS) is 11.1. The van der Waals surface area contributed by atoms with Crippen LogP contribution in [0.1, 0.15) is 27.0 Å². The van der Waals surface area contributed by atoms with E-state index in [-0.39, 0.29) is 17.4 Å². The number of alkyl halides is 3. The van der Waals surface area contributed by atoms with Crippen molar-refractivity contribution < 1.29 is 18.0 Å². The van der Waals surface area contributed by atoms with Crippen molar-refractivity contribution in [2.24, 2.45) is 0 Å². The van der Waals surface area contributed by atoms with Gasteiger partial charge in [0.2, 0.25) is 0 Å². The number of amides is 1. The van der Waals surface area contributed by atoms with Crippen molar-refractivity contribution in [1.29, 1.82) is 0 Å². The Morgan fingerprint density at radius 1 is 1.04 bits per heavy atom. The lowest BCUT2D eigenvalue weighted by Gasteiger charge is -2.14. The van der Waals surface area contributed by atoms with E-state index in [1.54, 1.807) is 0 Å². The van der Waals surface area contributed by atoms with Gasteiger partial charge >= 0.3 is 6.18 Å². The van der Waals surface area contributed by atoms with Gasteiger partial charge in [-0.05, 0) is 36.8 Å². The summed E-state index contributed by atoms with van der Waals surface area (Å²) in [4.78, 5) is 16.3. The zero-order valence-electron chi connectivity index (χ0n) is 15.0. The fraction of sp³-hybridized carbons (Fsp3) is 0.143. The summed E-state index contributed by atoms with van der Waals surface area (Å²) in [6, 6.07) is 15.9. The molecule has 4 nitrogen and oxygen atoms in total. The van der Waals surface area contributed by atoms with Gasteiger partial charge in [-0.3, -0.25) is 4.79 Å². The molecule has 2 aromatic carbocycles. The molecule has 0 saturated carbocycles. The molecule has 1 amide bonds. The highest BCUT2D eigenvalue weighted by molar-refractivity contribution is 5.94.